The number of amides is 3. The lowest BCUT2D eigenvalue weighted by Crippen LogP contribution is -2.28. The van der Waals surface area contributed by atoms with Gasteiger partial charge in [-0.1, -0.05) is 30.3 Å². The molecule has 2 aromatic rings. The normalized spacial score (nSPS) is 9.96. The second kappa shape index (κ2) is 9.17. The van der Waals surface area contributed by atoms with Gasteiger partial charge in [-0.15, -0.1) is 0 Å². The van der Waals surface area contributed by atoms with Gasteiger partial charge in [-0.05, 0) is 30.2 Å². The second-order valence-electron chi connectivity index (χ2n) is 5.30. The molecule has 4 N–H and O–H groups in total. The maximum atomic E-state index is 12.0. The molecule has 2 rings (SSSR count). The standard InChI is InChI=1S/C18H21N3O4/c1-25-16-8-3-2-6-14(16)12-20-17(22)21-15-7-4-5-13(11-15)9-10-19-18(23)24/h2-8,11,19H,9-10,12H2,1H3,(H,23,24)(H2,20,21,22). The molecule has 3 amide bonds. The van der Waals surface area contributed by atoms with E-state index in [2.05, 4.69) is 16.0 Å². The lowest BCUT2D eigenvalue weighted by atomic mass is 10.1. The number of anilines is 1. The minimum Gasteiger partial charge on any atom is -0.496 e. The average Bonchev–Trinajstić information content (AvgIpc) is 2.60. The Morgan fingerprint density at radius 3 is 2.64 bits per heavy atom. The van der Waals surface area contributed by atoms with E-state index < -0.39 is 6.09 Å². The van der Waals surface area contributed by atoms with E-state index in [4.69, 9.17) is 9.84 Å². The Bertz CT molecular complexity index is 734. The molecule has 0 radical (unpaired) electrons. The SMILES string of the molecule is COc1ccccc1CNC(=O)Nc1cccc(CCNC(=O)O)c1. The van der Waals surface area contributed by atoms with Crippen molar-refractivity contribution in [2.45, 2.75) is 13.0 Å². The van der Waals surface area contributed by atoms with Crippen LogP contribution in [0.15, 0.2) is 48.5 Å². The first kappa shape index (κ1) is 18.1. The van der Waals surface area contributed by atoms with Crippen LogP contribution in [0, 0.1) is 0 Å². The number of para-hydroxylation sites is 1. The molecule has 0 unspecified atom stereocenters. The molecule has 132 valence electrons. The quantitative estimate of drug-likeness (QED) is 0.621. The number of carbonyl (C=O) groups excluding carboxylic acids is 1. The number of rotatable bonds is 7. The Labute approximate surface area is 146 Å². The highest BCUT2D eigenvalue weighted by Crippen LogP contribution is 2.17. The van der Waals surface area contributed by atoms with E-state index in [1.807, 2.05) is 42.5 Å². The number of urea groups is 1. The topological polar surface area (TPSA) is 99.7 Å². The molecule has 0 saturated carbocycles. The van der Waals surface area contributed by atoms with Crippen LogP contribution in [0.3, 0.4) is 0 Å². The molecule has 0 aromatic heterocycles. The van der Waals surface area contributed by atoms with Crippen molar-refractivity contribution < 1.29 is 19.4 Å². The predicted molar refractivity (Wildman–Crippen MR) is 95.0 cm³/mol. The van der Waals surface area contributed by atoms with E-state index in [1.54, 1.807) is 13.2 Å². The molecule has 7 heteroatoms. The molecule has 0 atom stereocenters. The molecule has 0 aliphatic carbocycles. The number of hydrogen-bond acceptors (Lipinski definition) is 3. The number of ether oxygens (including phenoxy) is 1. The number of nitrogens with one attached hydrogen (secondary N) is 3. The molecule has 2 aromatic carbocycles. The van der Waals surface area contributed by atoms with Crippen molar-refractivity contribution in [3.8, 4) is 5.75 Å². The Morgan fingerprint density at radius 1 is 1.08 bits per heavy atom. The number of carbonyl (C=O) groups is 2. The lowest BCUT2D eigenvalue weighted by molar-refractivity contribution is 0.194. The van der Waals surface area contributed by atoms with Crippen LogP contribution < -0.4 is 20.7 Å². The van der Waals surface area contributed by atoms with Crippen LogP contribution in [-0.2, 0) is 13.0 Å². The van der Waals surface area contributed by atoms with E-state index in [0.29, 0.717) is 25.2 Å². The van der Waals surface area contributed by atoms with Gasteiger partial charge in [0.1, 0.15) is 5.75 Å². The van der Waals surface area contributed by atoms with Crippen molar-refractivity contribution in [3.05, 3.63) is 59.7 Å². The minimum atomic E-state index is -1.05. The summed E-state index contributed by atoms with van der Waals surface area (Å²) in [6.45, 7) is 0.664. The van der Waals surface area contributed by atoms with Gasteiger partial charge in [0.05, 0.1) is 7.11 Å². The first-order valence-electron chi connectivity index (χ1n) is 7.81. The molecule has 0 spiro atoms. The van der Waals surface area contributed by atoms with Gasteiger partial charge in [-0.2, -0.15) is 0 Å². The summed E-state index contributed by atoms with van der Waals surface area (Å²) in [7, 11) is 1.59. The summed E-state index contributed by atoms with van der Waals surface area (Å²) >= 11 is 0. The van der Waals surface area contributed by atoms with Crippen LogP contribution in [0.4, 0.5) is 15.3 Å². The molecule has 0 aliphatic heterocycles. The van der Waals surface area contributed by atoms with Crippen LogP contribution in [0.2, 0.25) is 0 Å². The Balaban J connectivity index is 1.86. The Hall–Kier alpha value is -3.22. The predicted octanol–water partition coefficient (Wildman–Crippen LogP) is 2.83. The summed E-state index contributed by atoms with van der Waals surface area (Å²) < 4.78 is 5.25. The second-order valence-corrected chi connectivity index (χ2v) is 5.30. The van der Waals surface area contributed by atoms with Gasteiger partial charge in [0.15, 0.2) is 0 Å². The number of methoxy groups -OCH3 is 1. The maximum Gasteiger partial charge on any atom is 0.404 e. The maximum absolute atomic E-state index is 12.0. The molecule has 0 heterocycles. The monoisotopic (exact) mass is 343 g/mol. The first-order chi connectivity index (χ1) is 12.1. The van der Waals surface area contributed by atoms with Crippen LogP contribution in [0.1, 0.15) is 11.1 Å². The largest absolute Gasteiger partial charge is 0.496 e. The van der Waals surface area contributed by atoms with E-state index in [-0.39, 0.29) is 6.03 Å². The Morgan fingerprint density at radius 2 is 1.88 bits per heavy atom. The fourth-order valence-electron chi connectivity index (χ4n) is 2.32. The van der Waals surface area contributed by atoms with Crippen molar-refractivity contribution in [3.63, 3.8) is 0 Å². The highest BCUT2D eigenvalue weighted by Gasteiger charge is 2.06. The van der Waals surface area contributed by atoms with Crippen molar-refractivity contribution in [1.82, 2.24) is 10.6 Å². The van der Waals surface area contributed by atoms with Crippen molar-refractivity contribution in [2.75, 3.05) is 19.0 Å². The zero-order valence-electron chi connectivity index (χ0n) is 13.9. The fourth-order valence-corrected chi connectivity index (χ4v) is 2.32. The molecule has 0 aliphatic rings. The van der Waals surface area contributed by atoms with Gasteiger partial charge in [0.2, 0.25) is 0 Å². The molecule has 25 heavy (non-hydrogen) atoms. The summed E-state index contributed by atoms with van der Waals surface area (Å²) in [6.07, 6.45) is -0.505. The average molecular weight is 343 g/mol. The van der Waals surface area contributed by atoms with Gasteiger partial charge in [0, 0.05) is 24.3 Å². The van der Waals surface area contributed by atoms with Crippen molar-refractivity contribution in [2.24, 2.45) is 0 Å². The van der Waals surface area contributed by atoms with Crippen molar-refractivity contribution >= 4 is 17.8 Å². The molecule has 0 saturated heterocycles. The summed E-state index contributed by atoms with van der Waals surface area (Å²) in [4.78, 5) is 22.5. The molecular formula is C18H21N3O4. The highest BCUT2D eigenvalue weighted by molar-refractivity contribution is 5.89. The molecule has 7 nitrogen and oxygen atoms in total. The number of benzene rings is 2. The van der Waals surface area contributed by atoms with Crippen LogP contribution in [0.25, 0.3) is 0 Å². The van der Waals surface area contributed by atoms with Gasteiger partial charge < -0.3 is 25.8 Å². The van der Waals surface area contributed by atoms with E-state index in [9.17, 15) is 9.59 Å². The summed E-state index contributed by atoms with van der Waals surface area (Å²) in [5.41, 5.74) is 2.45. The van der Waals surface area contributed by atoms with Gasteiger partial charge in [-0.3, -0.25) is 0 Å². The lowest BCUT2D eigenvalue weighted by Gasteiger charge is -2.11. The van der Waals surface area contributed by atoms with Gasteiger partial charge in [-0.25, -0.2) is 9.59 Å². The van der Waals surface area contributed by atoms with Crippen LogP contribution in [-0.4, -0.2) is 30.9 Å². The number of carboxylic acid groups (broad SMARTS) is 1. The van der Waals surface area contributed by atoms with E-state index in [1.165, 1.54) is 0 Å². The number of hydrogen-bond donors (Lipinski definition) is 4. The van der Waals surface area contributed by atoms with Crippen LogP contribution >= 0.6 is 0 Å². The molecular weight excluding hydrogens is 322 g/mol. The fraction of sp³-hybridized carbons (Fsp3) is 0.222. The van der Waals surface area contributed by atoms with E-state index >= 15 is 0 Å². The van der Waals surface area contributed by atoms with Crippen molar-refractivity contribution in [1.29, 1.82) is 0 Å². The van der Waals surface area contributed by atoms with Crippen LogP contribution in [0.5, 0.6) is 5.75 Å². The minimum absolute atomic E-state index is 0.318. The summed E-state index contributed by atoms with van der Waals surface area (Å²) in [6, 6.07) is 14.4. The summed E-state index contributed by atoms with van der Waals surface area (Å²) in [5, 5.41) is 16.4. The van der Waals surface area contributed by atoms with E-state index in [0.717, 1.165) is 16.9 Å². The third kappa shape index (κ3) is 6.06. The summed E-state index contributed by atoms with van der Waals surface area (Å²) in [5.74, 6) is 0.718. The smallest absolute Gasteiger partial charge is 0.404 e. The molecule has 0 bridgehead atoms. The highest BCUT2D eigenvalue weighted by atomic mass is 16.5. The first-order valence-corrected chi connectivity index (χ1v) is 7.81. The molecule has 0 fully saturated rings. The third-order valence-corrected chi connectivity index (χ3v) is 3.51. The van der Waals surface area contributed by atoms with Gasteiger partial charge in [0.25, 0.3) is 0 Å². The zero-order chi connectivity index (χ0) is 18.1. The van der Waals surface area contributed by atoms with Gasteiger partial charge >= 0.3 is 12.1 Å². The third-order valence-electron chi connectivity index (χ3n) is 3.51. The Kier molecular flexibility index (Phi) is 6.65. The zero-order valence-corrected chi connectivity index (χ0v) is 13.9.